The normalized spacial score (nSPS) is 16.3. The number of pyridine rings is 1. The summed E-state index contributed by atoms with van der Waals surface area (Å²) in [6, 6.07) is 3.70. The monoisotopic (exact) mass is 281 g/mol. The second-order valence-corrected chi connectivity index (χ2v) is 5.19. The molecule has 0 spiro atoms. The van der Waals surface area contributed by atoms with E-state index in [1.54, 1.807) is 0 Å². The number of nitrogens with zero attached hydrogens (tertiary/aromatic N) is 2. The largest absolute Gasteiger partial charge is 0.370 e. The fourth-order valence-electron chi connectivity index (χ4n) is 2.26. The van der Waals surface area contributed by atoms with Crippen LogP contribution in [-0.4, -0.2) is 28.9 Å². The minimum absolute atomic E-state index is 0.212. The maximum Gasteiger partial charge on any atom is 0.222 e. The first-order valence-corrected chi connectivity index (χ1v) is 7.25. The van der Waals surface area contributed by atoms with Crippen LogP contribution in [0.4, 0.5) is 5.82 Å². The highest BCUT2D eigenvalue weighted by Gasteiger charge is 2.18. The van der Waals surface area contributed by atoms with E-state index in [0.29, 0.717) is 18.0 Å². The zero-order valence-corrected chi connectivity index (χ0v) is 12.0. The van der Waals surface area contributed by atoms with Crippen LogP contribution in [0.5, 0.6) is 0 Å². The van der Waals surface area contributed by atoms with Gasteiger partial charge in [-0.1, -0.05) is 18.0 Å². The van der Waals surface area contributed by atoms with Crippen LogP contribution in [0.3, 0.4) is 0 Å². The van der Waals surface area contributed by atoms with Crippen LogP contribution < -0.4 is 5.32 Å². The summed E-state index contributed by atoms with van der Waals surface area (Å²) in [6.07, 6.45) is 3.83. The van der Waals surface area contributed by atoms with E-state index in [9.17, 15) is 4.79 Å². The number of carbonyl (C=O) groups excluding carboxylic acids is 1. The Balaban J connectivity index is 2.12. The van der Waals surface area contributed by atoms with E-state index in [-0.39, 0.29) is 5.91 Å². The number of hydrogen-bond acceptors (Lipinski definition) is 3. The molecule has 0 bridgehead atoms. The Morgan fingerprint density at radius 1 is 1.37 bits per heavy atom. The van der Waals surface area contributed by atoms with Crippen molar-refractivity contribution in [3.63, 3.8) is 0 Å². The molecule has 1 aliphatic rings. The summed E-state index contributed by atoms with van der Waals surface area (Å²) in [5.41, 5.74) is 0.773. The van der Waals surface area contributed by atoms with Gasteiger partial charge in [0, 0.05) is 19.5 Å². The maximum atomic E-state index is 12.0. The highest BCUT2D eigenvalue weighted by molar-refractivity contribution is 6.31. The van der Waals surface area contributed by atoms with Gasteiger partial charge in [-0.15, -0.1) is 0 Å². The number of carbonyl (C=O) groups is 1. The molecule has 5 heteroatoms. The Bertz CT molecular complexity index is 450. The predicted molar refractivity (Wildman–Crippen MR) is 77.3 cm³/mol. The van der Waals surface area contributed by atoms with Gasteiger partial charge in [0.05, 0.1) is 17.3 Å². The molecular formula is C14H20ClN3O. The van der Waals surface area contributed by atoms with Crippen LogP contribution in [0.25, 0.3) is 0 Å². The molecule has 19 heavy (non-hydrogen) atoms. The van der Waals surface area contributed by atoms with E-state index >= 15 is 0 Å². The highest BCUT2D eigenvalue weighted by atomic mass is 35.5. The Hall–Kier alpha value is -1.29. The molecule has 1 N–H and O–H groups in total. The molecule has 0 saturated carbocycles. The Morgan fingerprint density at radius 3 is 3.00 bits per heavy atom. The smallest absolute Gasteiger partial charge is 0.222 e. The summed E-state index contributed by atoms with van der Waals surface area (Å²) in [5.74, 6) is 1.02. The molecule has 1 aliphatic heterocycles. The number of hydrogen-bond donors (Lipinski definition) is 1. The quantitative estimate of drug-likeness (QED) is 0.922. The summed E-state index contributed by atoms with van der Waals surface area (Å²) >= 11 is 6.18. The molecule has 104 valence electrons. The van der Waals surface area contributed by atoms with E-state index in [0.717, 1.165) is 43.9 Å². The van der Waals surface area contributed by atoms with Gasteiger partial charge in [0.1, 0.15) is 5.82 Å². The second-order valence-electron chi connectivity index (χ2n) is 4.78. The average molecular weight is 282 g/mol. The third-order valence-corrected chi connectivity index (χ3v) is 3.63. The van der Waals surface area contributed by atoms with Crippen LogP contribution in [0.2, 0.25) is 5.02 Å². The lowest BCUT2D eigenvalue weighted by atomic mass is 10.2. The standard InChI is InChI=1S/C14H20ClN3O/c1-2-16-13-8-7-11(15)12(17-13)10-18-9-5-3-4-6-14(18)19/h7-8H,2-6,9-10H2,1H3,(H,16,17). The van der Waals surface area contributed by atoms with Crippen molar-refractivity contribution in [3.05, 3.63) is 22.8 Å². The van der Waals surface area contributed by atoms with Crippen molar-refractivity contribution in [3.8, 4) is 0 Å². The van der Waals surface area contributed by atoms with E-state index in [1.807, 2.05) is 24.0 Å². The van der Waals surface area contributed by atoms with E-state index in [2.05, 4.69) is 10.3 Å². The van der Waals surface area contributed by atoms with Crippen molar-refractivity contribution in [2.45, 2.75) is 39.2 Å². The molecule has 0 aromatic carbocycles. The first-order chi connectivity index (χ1) is 9.20. The molecule has 1 aromatic rings. The first kappa shape index (κ1) is 14.1. The lowest BCUT2D eigenvalue weighted by molar-refractivity contribution is -0.131. The number of halogens is 1. The number of rotatable bonds is 4. The van der Waals surface area contributed by atoms with E-state index in [1.165, 1.54) is 0 Å². The Labute approximate surface area is 119 Å². The average Bonchev–Trinajstić information content (AvgIpc) is 2.59. The van der Waals surface area contributed by atoms with Crippen LogP contribution in [-0.2, 0) is 11.3 Å². The summed E-state index contributed by atoms with van der Waals surface area (Å²) in [6.45, 7) is 4.16. The summed E-state index contributed by atoms with van der Waals surface area (Å²) in [4.78, 5) is 18.3. The van der Waals surface area contributed by atoms with Crippen molar-refractivity contribution in [1.29, 1.82) is 0 Å². The number of amides is 1. The molecule has 2 rings (SSSR count). The highest BCUT2D eigenvalue weighted by Crippen LogP contribution is 2.20. The summed E-state index contributed by atoms with van der Waals surface area (Å²) in [5, 5.41) is 3.79. The predicted octanol–water partition coefficient (Wildman–Crippen LogP) is 3.07. The van der Waals surface area contributed by atoms with Gasteiger partial charge in [-0.05, 0) is 31.9 Å². The van der Waals surface area contributed by atoms with Gasteiger partial charge >= 0.3 is 0 Å². The van der Waals surface area contributed by atoms with Crippen LogP contribution >= 0.6 is 11.6 Å². The van der Waals surface area contributed by atoms with Crippen molar-refractivity contribution < 1.29 is 4.79 Å². The Morgan fingerprint density at radius 2 is 2.21 bits per heavy atom. The van der Waals surface area contributed by atoms with Crippen LogP contribution in [0, 0.1) is 0 Å². The first-order valence-electron chi connectivity index (χ1n) is 6.87. The van der Waals surface area contributed by atoms with Crippen molar-refractivity contribution in [1.82, 2.24) is 9.88 Å². The van der Waals surface area contributed by atoms with Gasteiger partial charge in [-0.3, -0.25) is 4.79 Å². The number of anilines is 1. The van der Waals surface area contributed by atoms with Gasteiger partial charge in [-0.2, -0.15) is 0 Å². The molecule has 0 aliphatic carbocycles. The van der Waals surface area contributed by atoms with Crippen molar-refractivity contribution >= 4 is 23.3 Å². The van der Waals surface area contributed by atoms with Gasteiger partial charge in [0.15, 0.2) is 0 Å². The third kappa shape index (κ3) is 3.83. The second kappa shape index (κ2) is 6.75. The fourth-order valence-corrected chi connectivity index (χ4v) is 2.43. The van der Waals surface area contributed by atoms with Crippen LogP contribution in [0.1, 0.15) is 38.3 Å². The van der Waals surface area contributed by atoms with Gasteiger partial charge < -0.3 is 10.2 Å². The van der Waals surface area contributed by atoms with Crippen molar-refractivity contribution in [2.24, 2.45) is 0 Å². The molecule has 2 heterocycles. The molecule has 4 nitrogen and oxygen atoms in total. The minimum atomic E-state index is 0.212. The SMILES string of the molecule is CCNc1ccc(Cl)c(CN2CCCCCC2=O)n1. The Kier molecular flexibility index (Phi) is 5.02. The zero-order chi connectivity index (χ0) is 13.7. The lowest BCUT2D eigenvalue weighted by Gasteiger charge is -2.21. The number of aromatic nitrogens is 1. The minimum Gasteiger partial charge on any atom is -0.370 e. The molecule has 0 radical (unpaired) electrons. The van der Waals surface area contributed by atoms with Gasteiger partial charge in [-0.25, -0.2) is 4.98 Å². The molecule has 1 saturated heterocycles. The van der Waals surface area contributed by atoms with Gasteiger partial charge in [0.2, 0.25) is 5.91 Å². The lowest BCUT2D eigenvalue weighted by Crippen LogP contribution is -2.30. The molecular weight excluding hydrogens is 262 g/mol. The summed E-state index contributed by atoms with van der Waals surface area (Å²) < 4.78 is 0. The fraction of sp³-hybridized carbons (Fsp3) is 0.571. The van der Waals surface area contributed by atoms with Crippen LogP contribution in [0.15, 0.2) is 12.1 Å². The molecule has 1 aromatic heterocycles. The molecule has 1 amide bonds. The van der Waals surface area contributed by atoms with Crippen molar-refractivity contribution in [2.75, 3.05) is 18.4 Å². The summed E-state index contributed by atoms with van der Waals surface area (Å²) in [7, 11) is 0. The molecule has 1 fully saturated rings. The zero-order valence-electron chi connectivity index (χ0n) is 11.3. The van der Waals surface area contributed by atoms with Gasteiger partial charge in [0.25, 0.3) is 0 Å². The maximum absolute atomic E-state index is 12.0. The van der Waals surface area contributed by atoms with E-state index < -0.39 is 0 Å². The third-order valence-electron chi connectivity index (χ3n) is 3.29. The number of nitrogens with one attached hydrogen (secondary N) is 1. The topological polar surface area (TPSA) is 45.2 Å². The molecule has 0 unspecified atom stereocenters. The molecule has 0 atom stereocenters. The van der Waals surface area contributed by atoms with E-state index in [4.69, 9.17) is 11.6 Å². The number of likely N-dealkylation sites (tertiary alicyclic amines) is 1.